The van der Waals surface area contributed by atoms with Crippen molar-refractivity contribution in [2.75, 3.05) is 24.5 Å². The van der Waals surface area contributed by atoms with Crippen LogP contribution in [0.15, 0.2) is 42.7 Å². The average molecular weight is 581 g/mol. The number of amides is 2. The van der Waals surface area contributed by atoms with Gasteiger partial charge in [0.2, 0.25) is 0 Å². The fourth-order valence-electron chi connectivity index (χ4n) is 6.09. The molecule has 2 saturated heterocycles. The van der Waals surface area contributed by atoms with Crippen molar-refractivity contribution in [3.63, 3.8) is 0 Å². The van der Waals surface area contributed by atoms with Gasteiger partial charge in [0.1, 0.15) is 29.2 Å². The van der Waals surface area contributed by atoms with Gasteiger partial charge in [-0.1, -0.05) is 5.21 Å². The summed E-state index contributed by atoms with van der Waals surface area (Å²) in [5.74, 6) is -3.62. The second-order valence-corrected chi connectivity index (χ2v) is 11.8. The van der Waals surface area contributed by atoms with Crippen LogP contribution in [0.1, 0.15) is 26.3 Å². The normalized spacial score (nSPS) is 24.8. The topological polar surface area (TPSA) is 114 Å². The lowest BCUT2D eigenvalue weighted by Crippen LogP contribution is -2.39. The minimum atomic E-state index is -1.42. The molecule has 10 nitrogen and oxygen atoms in total. The molecular weight excluding hydrogens is 553 g/mol. The molecule has 0 bridgehead atoms. The molecule has 0 N–H and O–H groups in total. The van der Waals surface area contributed by atoms with Crippen molar-refractivity contribution in [3.8, 4) is 17.2 Å². The number of ether oxygens (including phenoxy) is 2. The molecule has 2 aromatic carbocycles. The molecule has 0 unspecified atom stereocenters. The minimum Gasteiger partial charge on any atom is -0.444 e. The summed E-state index contributed by atoms with van der Waals surface area (Å²) >= 11 is 0. The zero-order valence-corrected chi connectivity index (χ0v) is 23.1. The molecule has 6 rings (SSSR count). The molecule has 1 aromatic heterocycles. The molecule has 0 spiro atoms. The van der Waals surface area contributed by atoms with E-state index in [2.05, 4.69) is 16.4 Å². The van der Waals surface area contributed by atoms with Crippen molar-refractivity contribution in [2.24, 2.45) is 11.8 Å². The number of rotatable bonds is 5. The molecule has 3 heterocycles. The number of fused-ring (bicyclic) bond motifs is 1. The molecule has 1 aliphatic carbocycles. The Bertz CT molecular complexity index is 1580. The van der Waals surface area contributed by atoms with Crippen molar-refractivity contribution in [3.05, 3.63) is 65.7 Å². The molecule has 3 aliphatic rings. The Morgan fingerprint density at radius 3 is 2.38 bits per heavy atom. The smallest absolute Gasteiger partial charge is 0.414 e. The van der Waals surface area contributed by atoms with Crippen LogP contribution in [0.25, 0.3) is 11.1 Å². The zero-order chi connectivity index (χ0) is 30.0. The van der Waals surface area contributed by atoms with E-state index in [1.54, 1.807) is 27.0 Å². The SMILES string of the molecule is CC(C)(C)OC(=O)N1C[C@@H]2[C@H](C1)[C@@]2(C#N)c1c(F)cc(-c2ccc(N3C[C@H](Cn4ccnn4)OC3=O)cc2F)cc1F. The Hall–Kier alpha value is -4.60. The fraction of sp³-hybridized carbons (Fsp3) is 0.414. The predicted octanol–water partition coefficient (Wildman–Crippen LogP) is 4.65. The van der Waals surface area contributed by atoms with Crippen molar-refractivity contribution in [1.29, 1.82) is 5.26 Å². The number of aromatic nitrogens is 3. The molecule has 42 heavy (non-hydrogen) atoms. The number of carbonyl (C=O) groups excluding carboxylic acids is 2. The van der Waals surface area contributed by atoms with E-state index in [1.807, 2.05) is 0 Å². The van der Waals surface area contributed by atoms with Gasteiger partial charge in [-0.2, -0.15) is 5.26 Å². The summed E-state index contributed by atoms with van der Waals surface area (Å²) in [6, 6.07) is 8.02. The molecule has 4 atom stereocenters. The fourth-order valence-corrected chi connectivity index (χ4v) is 6.09. The molecular formula is C29H27F3N6O4. The van der Waals surface area contributed by atoms with Crippen LogP contribution in [-0.4, -0.2) is 63.4 Å². The number of anilines is 1. The largest absolute Gasteiger partial charge is 0.444 e. The van der Waals surface area contributed by atoms with Gasteiger partial charge in [0.25, 0.3) is 0 Å². The Kier molecular flexibility index (Phi) is 6.40. The number of piperidine rings is 1. The van der Waals surface area contributed by atoms with Gasteiger partial charge < -0.3 is 14.4 Å². The molecule has 2 aliphatic heterocycles. The highest BCUT2D eigenvalue weighted by Crippen LogP contribution is 2.64. The number of likely N-dealkylation sites (tertiary alicyclic amines) is 1. The van der Waals surface area contributed by atoms with Gasteiger partial charge in [0, 0.05) is 42.2 Å². The summed E-state index contributed by atoms with van der Waals surface area (Å²) in [4.78, 5) is 27.6. The van der Waals surface area contributed by atoms with Crippen LogP contribution in [0.5, 0.6) is 0 Å². The molecule has 0 radical (unpaired) electrons. The number of hydrogen-bond donors (Lipinski definition) is 0. The lowest BCUT2D eigenvalue weighted by molar-refractivity contribution is 0.0265. The monoisotopic (exact) mass is 580 g/mol. The Balaban J connectivity index is 1.20. The van der Waals surface area contributed by atoms with Gasteiger partial charge in [0.05, 0.1) is 36.5 Å². The molecule has 1 saturated carbocycles. The van der Waals surface area contributed by atoms with Crippen molar-refractivity contribution in [2.45, 2.75) is 44.4 Å². The first-order chi connectivity index (χ1) is 19.9. The van der Waals surface area contributed by atoms with Gasteiger partial charge in [0.15, 0.2) is 0 Å². The number of benzene rings is 2. The van der Waals surface area contributed by atoms with E-state index in [-0.39, 0.29) is 48.6 Å². The summed E-state index contributed by atoms with van der Waals surface area (Å²) < 4.78 is 58.5. The number of halogens is 3. The van der Waals surface area contributed by atoms with Gasteiger partial charge in [-0.05, 0) is 56.7 Å². The van der Waals surface area contributed by atoms with E-state index in [9.17, 15) is 14.9 Å². The summed E-state index contributed by atoms with van der Waals surface area (Å²) in [6.07, 6.45) is 1.40. The first-order valence-electron chi connectivity index (χ1n) is 13.4. The average Bonchev–Trinajstić information content (AvgIpc) is 3.42. The van der Waals surface area contributed by atoms with Gasteiger partial charge >= 0.3 is 12.2 Å². The number of nitriles is 1. The Labute approximate surface area is 239 Å². The number of carbonyl (C=O) groups is 2. The first-order valence-corrected chi connectivity index (χ1v) is 13.4. The van der Waals surface area contributed by atoms with Crippen LogP contribution in [0.2, 0.25) is 0 Å². The molecule has 3 aromatic rings. The highest BCUT2D eigenvalue weighted by atomic mass is 19.1. The van der Waals surface area contributed by atoms with E-state index in [4.69, 9.17) is 9.47 Å². The van der Waals surface area contributed by atoms with E-state index >= 15 is 13.2 Å². The summed E-state index contributed by atoms with van der Waals surface area (Å²) in [5, 5.41) is 17.6. The third kappa shape index (κ3) is 4.60. The standard InChI is InChI=1S/C29H27F3N6O4/c1-28(2,3)42-26(39)36-13-20-21(14-36)29(20,15-33)25-23(31)8-16(9-24(25)32)19-5-4-17(10-22(19)30)38-12-18(41-27(38)40)11-37-7-6-34-35-37/h4-10,18,20-21H,11-14H2,1-3H3/t18-,20-,21+,29+/m0/s1. The van der Waals surface area contributed by atoms with Crippen molar-refractivity contribution < 1.29 is 32.2 Å². The van der Waals surface area contributed by atoms with Crippen molar-refractivity contribution >= 4 is 17.9 Å². The second kappa shape index (κ2) is 9.75. The van der Waals surface area contributed by atoms with Gasteiger partial charge in [-0.25, -0.2) is 27.4 Å². The molecule has 2 amide bonds. The van der Waals surface area contributed by atoms with E-state index in [0.29, 0.717) is 0 Å². The maximum Gasteiger partial charge on any atom is 0.414 e. The third-order valence-corrected chi connectivity index (χ3v) is 7.99. The highest BCUT2D eigenvalue weighted by molar-refractivity contribution is 5.90. The van der Waals surface area contributed by atoms with E-state index < -0.39 is 58.6 Å². The Morgan fingerprint density at radius 2 is 1.81 bits per heavy atom. The van der Waals surface area contributed by atoms with E-state index in [0.717, 1.165) is 18.2 Å². The maximum atomic E-state index is 15.5. The third-order valence-electron chi connectivity index (χ3n) is 7.99. The van der Waals surface area contributed by atoms with Crippen LogP contribution in [0.3, 0.4) is 0 Å². The van der Waals surface area contributed by atoms with Crippen molar-refractivity contribution in [1.82, 2.24) is 19.9 Å². The summed E-state index contributed by atoms with van der Waals surface area (Å²) in [6.45, 7) is 5.93. The van der Waals surface area contributed by atoms with Crippen LogP contribution in [0.4, 0.5) is 28.4 Å². The van der Waals surface area contributed by atoms with Gasteiger partial charge in [-0.3, -0.25) is 4.90 Å². The van der Waals surface area contributed by atoms with E-state index in [1.165, 1.54) is 32.8 Å². The summed E-state index contributed by atoms with van der Waals surface area (Å²) in [5.41, 5.74) is -2.40. The first kappa shape index (κ1) is 27.6. The summed E-state index contributed by atoms with van der Waals surface area (Å²) in [7, 11) is 0. The Morgan fingerprint density at radius 1 is 1.12 bits per heavy atom. The molecule has 13 heteroatoms. The maximum absolute atomic E-state index is 15.5. The van der Waals surface area contributed by atoms with Crippen LogP contribution in [0, 0.1) is 40.6 Å². The highest BCUT2D eigenvalue weighted by Gasteiger charge is 2.72. The number of hydrogen-bond acceptors (Lipinski definition) is 7. The zero-order valence-electron chi connectivity index (χ0n) is 23.1. The quantitative estimate of drug-likeness (QED) is 0.432. The van der Waals surface area contributed by atoms with Gasteiger partial charge in [-0.15, -0.1) is 5.10 Å². The van der Waals surface area contributed by atoms with Crippen LogP contribution in [-0.2, 0) is 21.4 Å². The number of nitrogens with zero attached hydrogens (tertiary/aromatic N) is 6. The lowest BCUT2D eigenvalue weighted by atomic mass is 9.88. The second-order valence-electron chi connectivity index (χ2n) is 11.8. The molecule has 3 fully saturated rings. The van der Waals surface area contributed by atoms with Crippen LogP contribution < -0.4 is 4.90 Å². The van der Waals surface area contributed by atoms with Crippen LogP contribution >= 0.6 is 0 Å². The number of cyclic esters (lactones) is 1. The predicted molar refractivity (Wildman–Crippen MR) is 141 cm³/mol. The molecule has 218 valence electrons. The lowest BCUT2D eigenvalue weighted by Gasteiger charge is -2.27. The minimum absolute atomic E-state index is 0.0554.